The molecule has 1 aromatic carbocycles. The molecule has 2 N–H and O–H groups in total. The normalized spacial score (nSPS) is 16.5. The lowest BCUT2D eigenvalue weighted by molar-refractivity contribution is 0.130. The molecule has 0 spiro atoms. The molecule has 2 aromatic rings. The van der Waals surface area contributed by atoms with Crippen LogP contribution in [-0.2, 0) is 11.4 Å². The third-order valence-electron chi connectivity index (χ3n) is 4.60. The number of halogens is 1. The molecule has 2 aliphatic heterocycles. The standard InChI is InChI=1S/C19H21ClN4O3/c20-15-9-13(10-16-17(15)26-12-25-16)11-27-23-18(21)14-5-4-6-22-19(14)24-7-2-1-3-8-24/h4-6,9-10H,1-3,7-8,11-12H2,(H2,21,23). The lowest BCUT2D eigenvalue weighted by atomic mass is 10.1. The molecule has 1 aromatic heterocycles. The van der Waals surface area contributed by atoms with Crippen LogP contribution in [0.15, 0.2) is 35.6 Å². The van der Waals surface area contributed by atoms with Crippen molar-refractivity contribution in [3.63, 3.8) is 0 Å². The van der Waals surface area contributed by atoms with Crippen LogP contribution < -0.4 is 20.1 Å². The summed E-state index contributed by atoms with van der Waals surface area (Å²) in [5, 5.41) is 4.57. The Labute approximate surface area is 162 Å². The molecule has 0 saturated carbocycles. The third-order valence-corrected chi connectivity index (χ3v) is 4.88. The highest BCUT2D eigenvalue weighted by Crippen LogP contribution is 2.39. The summed E-state index contributed by atoms with van der Waals surface area (Å²) in [5.41, 5.74) is 7.78. The molecule has 0 amide bonds. The topological polar surface area (TPSA) is 82.2 Å². The summed E-state index contributed by atoms with van der Waals surface area (Å²) in [6.45, 7) is 2.35. The number of benzene rings is 1. The minimum Gasteiger partial charge on any atom is -0.454 e. The maximum Gasteiger partial charge on any atom is 0.231 e. The molecular formula is C19H21ClN4O3. The van der Waals surface area contributed by atoms with Gasteiger partial charge >= 0.3 is 0 Å². The molecule has 1 saturated heterocycles. The van der Waals surface area contributed by atoms with E-state index >= 15 is 0 Å². The van der Waals surface area contributed by atoms with Crippen LogP contribution in [0.1, 0.15) is 30.4 Å². The maximum absolute atomic E-state index is 6.18. The average molecular weight is 389 g/mol. The van der Waals surface area contributed by atoms with Gasteiger partial charge in [-0.3, -0.25) is 0 Å². The zero-order valence-corrected chi connectivity index (χ0v) is 15.6. The second-order valence-corrected chi connectivity index (χ2v) is 6.89. The van der Waals surface area contributed by atoms with Crippen molar-refractivity contribution in [1.82, 2.24) is 4.98 Å². The Morgan fingerprint density at radius 3 is 2.96 bits per heavy atom. The highest BCUT2D eigenvalue weighted by atomic mass is 35.5. The summed E-state index contributed by atoms with van der Waals surface area (Å²) in [6.07, 6.45) is 5.35. The Balaban J connectivity index is 1.46. The molecule has 0 atom stereocenters. The molecule has 2 aliphatic rings. The number of ether oxygens (including phenoxy) is 2. The summed E-state index contributed by atoms with van der Waals surface area (Å²) in [6, 6.07) is 7.35. The molecule has 3 heterocycles. The molecule has 0 bridgehead atoms. The van der Waals surface area contributed by atoms with E-state index in [1.165, 1.54) is 6.42 Å². The van der Waals surface area contributed by atoms with Crippen molar-refractivity contribution < 1.29 is 14.3 Å². The van der Waals surface area contributed by atoms with Crippen LogP contribution >= 0.6 is 11.6 Å². The summed E-state index contributed by atoms with van der Waals surface area (Å²) >= 11 is 6.18. The fraction of sp³-hybridized carbons (Fsp3) is 0.368. The number of rotatable bonds is 5. The van der Waals surface area contributed by atoms with Gasteiger partial charge in [-0.25, -0.2) is 4.98 Å². The smallest absolute Gasteiger partial charge is 0.231 e. The van der Waals surface area contributed by atoms with Gasteiger partial charge in [0.1, 0.15) is 12.4 Å². The Hall–Kier alpha value is -2.67. The lowest BCUT2D eigenvalue weighted by Gasteiger charge is -2.29. The number of oxime groups is 1. The van der Waals surface area contributed by atoms with Crippen LogP contribution in [-0.4, -0.2) is 30.7 Å². The fourth-order valence-electron chi connectivity index (χ4n) is 3.28. The van der Waals surface area contributed by atoms with Gasteiger partial charge in [0.25, 0.3) is 0 Å². The van der Waals surface area contributed by atoms with Crippen molar-refractivity contribution >= 4 is 23.3 Å². The second-order valence-electron chi connectivity index (χ2n) is 6.48. The first-order valence-electron chi connectivity index (χ1n) is 8.96. The first kappa shape index (κ1) is 17.7. The number of pyridine rings is 1. The van der Waals surface area contributed by atoms with Crippen LogP contribution in [0.5, 0.6) is 11.5 Å². The summed E-state index contributed by atoms with van der Waals surface area (Å²) in [7, 11) is 0. The summed E-state index contributed by atoms with van der Waals surface area (Å²) in [4.78, 5) is 12.2. The third kappa shape index (κ3) is 3.88. The number of piperidine rings is 1. The molecule has 1 fully saturated rings. The molecule has 8 heteroatoms. The summed E-state index contributed by atoms with van der Waals surface area (Å²) in [5.74, 6) is 2.33. The highest BCUT2D eigenvalue weighted by molar-refractivity contribution is 6.32. The largest absolute Gasteiger partial charge is 0.454 e. The number of fused-ring (bicyclic) bond motifs is 1. The van der Waals surface area contributed by atoms with Gasteiger partial charge < -0.3 is 24.9 Å². The zero-order chi connectivity index (χ0) is 18.6. The van der Waals surface area contributed by atoms with Crippen LogP contribution in [0.4, 0.5) is 5.82 Å². The Morgan fingerprint density at radius 1 is 1.26 bits per heavy atom. The van der Waals surface area contributed by atoms with Gasteiger partial charge in [-0.15, -0.1) is 0 Å². The molecule has 4 rings (SSSR count). The summed E-state index contributed by atoms with van der Waals surface area (Å²) < 4.78 is 10.7. The van der Waals surface area contributed by atoms with Crippen molar-refractivity contribution in [1.29, 1.82) is 0 Å². The van der Waals surface area contributed by atoms with Gasteiger partial charge in [-0.05, 0) is 49.1 Å². The van der Waals surface area contributed by atoms with Gasteiger partial charge in [-0.2, -0.15) is 0 Å². The predicted octanol–water partition coefficient (Wildman–Crippen LogP) is 3.29. The Bertz CT molecular complexity index is 853. The number of nitrogens with two attached hydrogens (primary N) is 1. The molecule has 142 valence electrons. The predicted molar refractivity (Wildman–Crippen MR) is 103 cm³/mol. The van der Waals surface area contributed by atoms with Crippen molar-refractivity contribution in [3.05, 3.63) is 46.6 Å². The van der Waals surface area contributed by atoms with Crippen molar-refractivity contribution in [2.24, 2.45) is 10.9 Å². The van der Waals surface area contributed by atoms with Crippen LogP contribution in [0.25, 0.3) is 0 Å². The van der Waals surface area contributed by atoms with Crippen molar-refractivity contribution in [2.75, 3.05) is 24.8 Å². The molecule has 7 nitrogen and oxygen atoms in total. The highest BCUT2D eigenvalue weighted by Gasteiger charge is 2.19. The number of aromatic nitrogens is 1. The van der Waals surface area contributed by atoms with Gasteiger partial charge in [0.15, 0.2) is 17.3 Å². The van der Waals surface area contributed by atoms with E-state index in [4.69, 9.17) is 31.6 Å². The molecule has 27 heavy (non-hydrogen) atoms. The van der Waals surface area contributed by atoms with Crippen molar-refractivity contribution in [3.8, 4) is 11.5 Å². The maximum atomic E-state index is 6.18. The van der Waals surface area contributed by atoms with E-state index < -0.39 is 0 Å². The van der Waals surface area contributed by atoms with E-state index in [2.05, 4.69) is 15.0 Å². The first-order chi connectivity index (χ1) is 13.2. The molecule has 0 unspecified atom stereocenters. The minimum absolute atomic E-state index is 0.171. The molecule has 0 radical (unpaired) electrons. The quantitative estimate of drug-likeness (QED) is 0.481. The molecule has 0 aliphatic carbocycles. The number of hydrogen-bond donors (Lipinski definition) is 1. The number of amidine groups is 1. The van der Waals surface area contributed by atoms with E-state index in [0.717, 1.165) is 42.9 Å². The molecular weight excluding hydrogens is 368 g/mol. The van der Waals surface area contributed by atoms with Crippen LogP contribution in [0, 0.1) is 0 Å². The van der Waals surface area contributed by atoms with Crippen LogP contribution in [0.2, 0.25) is 5.02 Å². The van der Waals surface area contributed by atoms with E-state index in [-0.39, 0.29) is 13.4 Å². The average Bonchev–Trinajstić information content (AvgIpc) is 3.18. The van der Waals surface area contributed by atoms with E-state index in [1.807, 2.05) is 18.2 Å². The van der Waals surface area contributed by atoms with E-state index in [1.54, 1.807) is 12.3 Å². The van der Waals surface area contributed by atoms with Gasteiger partial charge in [0.05, 0.1) is 10.6 Å². The monoisotopic (exact) mass is 388 g/mol. The van der Waals surface area contributed by atoms with Gasteiger partial charge in [0.2, 0.25) is 6.79 Å². The zero-order valence-electron chi connectivity index (χ0n) is 14.9. The Kier molecular flexibility index (Phi) is 5.20. The van der Waals surface area contributed by atoms with Crippen molar-refractivity contribution in [2.45, 2.75) is 25.9 Å². The van der Waals surface area contributed by atoms with Crippen LogP contribution in [0.3, 0.4) is 0 Å². The lowest BCUT2D eigenvalue weighted by Crippen LogP contribution is -2.32. The SMILES string of the molecule is N/C(=N/OCc1cc(Cl)c2c(c1)OCO2)c1cccnc1N1CCCCC1. The number of anilines is 1. The van der Waals surface area contributed by atoms with Gasteiger partial charge in [-0.1, -0.05) is 16.8 Å². The Morgan fingerprint density at radius 2 is 2.11 bits per heavy atom. The second kappa shape index (κ2) is 7.92. The fourth-order valence-corrected chi connectivity index (χ4v) is 3.57. The minimum atomic E-state index is 0.171. The van der Waals surface area contributed by atoms with E-state index in [0.29, 0.717) is 22.4 Å². The number of hydrogen-bond acceptors (Lipinski definition) is 6. The first-order valence-corrected chi connectivity index (χ1v) is 9.34. The number of nitrogens with zero attached hydrogens (tertiary/aromatic N) is 3. The van der Waals surface area contributed by atoms with E-state index in [9.17, 15) is 0 Å². The van der Waals surface area contributed by atoms with Gasteiger partial charge in [0, 0.05) is 19.3 Å².